The monoisotopic (exact) mass is 214 g/mol. The number of carbonyl (C=O) groups excluding carboxylic acids is 1. The van der Waals surface area contributed by atoms with Gasteiger partial charge < -0.3 is 5.11 Å². The molecule has 1 aromatic carbocycles. The largest absolute Gasteiger partial charge is 0.502 e. The standard InChI is InChI=1S/C13H11NO2/c15-12-9-5-1-2-6-10(9)13(16)11(12)14-7-3-4-8-14/h1-2,5-7H,3-4,8H2/p+1. The second-order valence-electron chi connectivity index (χ2n) is 4.09. The van der Waals surface area contributed by atoms with Gasteiger partial charge in [0.1, 0.15) is 12.8 Å². The summed E-state index contributed by atoms with van der Waals surface area (Å²) in [6, 6.07) is 7.20. The summed E-state index contributed by atoms with van der Waals surface area (Å²) < 4.78 is 1.87. The first-order valence-electron chi connectivity index (χ1n) is 5.46. The number of hydrogen-bond donors (Lipinski definition) is 1. The number of aliphatic hydroxyl groups excluding tert-OH is 1. The van der Waals surface area contributed by atoms with E-state index in [2.05, 4.69) is 0 Å². The molecule has 0 saturated carbocycles. The van der Waals surface area contributed by atoms with Crippen LogP contribution in [0.1, 0.15) is 28.8 Å². The molecule has 0 radical (unpaired) electrons. The van der Waals surface area contributed by atoms with Gasteiger partial charge in [-0.15, -0.1) is 0 Å². The van der Waals surface area contributed by atoms with Crippen molar-refractivity contribution >= 4 is 17.8 Å². The summed E-state index contributed by atoms with van der Waals surface area (Å²) in [5, 5.41) is 10.1. The van der Waals surface area contributed by atoms with Crippen LogP contribution in [0.2, 0.25) is 0 Å². The number of aliphatic hydroxyl groups is 1. The molecular weight excluding hydrogens is 202 g/mol. The summed E-state index contributed by atoms with van der Waals surface area (Å²) in [6.45, 7) is 0.819. The predicted molar refractivity (Wildman–Crippen MR) is 60.7 cm³/mol. The number of allylic oxidation sites excluding steroid dienone is 1. The number of ketones is 1. The molecule has 3 rings (SSSR count). The molecule has 1 heterocycles. The van der Waals surface area contributed by atoms with Gasteiger partial charge >= 0.3 is 0 Å². The highest BCUT2D eigenvalue weighted by Crippen LogP contribution is 2.31. The van der Waals surface area contributed by atoms with Crippen LogP contribution in [0.25, 0.3) is 5.76 Å². The molecule has 1 aliphatic carbocycles. The van der Waals surface area contributed by atoms with Crippen molar-refractivity contribution < 1.29 is 14.5 Å². The fourth-order valence-corrected chi connectivity index (χ4v) is 2.32. The fraction of sp³-hybridized carbons (Fsp3) is 0.231. The van der Waals surface area contributed by atoms with Crippen LogP contribution in [-0.2, 0) is 0 Å². The van der Waals surface area contributed by atoms with Crippen molar-refractivity contribution in [2.45, 2.75) is 12.8 Å². The molecular formula is C13H12NO2+. The van der Waals surface area contributed by atoms with Crippen LogP contribution in [0.5, 0.6) is 0 Å². The molecule has 0 spiro atoms. The third-order valence-corrected chi connectivity index (χ3v) is 3.11. The van der Waals surface area contributed by atoms with E-state index in [1.807, 2.05) is 22.9 Å². The Bertz CT molecular complexity index is 541. The van der Waals surface area contributed by atoms with E-state index >= 15 is 0 Å². The molecule has 0 atom stereocenters. The molecule has 16 heavy (non-hydrogen) atoms. The Morgan fingerprint density at radius 1 is 1.19 bits per heavy atom. The van der Waals surface area contributed by atoms with Gasteiger partial charge in [-0.25, -0.2) is 0 Å². The van der Waals surface area contributed by atoms with Crippen molar-refractivity contribution in [1.29, 1.82) is 0 Å². The molecule has 3 heteroatoms. The Balaban J connectivity index is 2.16. The Hall–Kier alpha value is -1.90. The summed E-state index contributed by atoms with van der Waals surface area (Å²) >= 11 is 0. The van der Waals surface area contributed by atoms with Gasteiger partial charge in [0.15, 0.2) is 0 Å². The maximum absolute atomic E-state index is 12.1. The van der Waals surface area contributed by atoms with Crippen molar-refractivity contribution in [2.24, 2.45) is 0 Å². The molecule has 0 saturated heterocycles. The number of benzene rings is 1. The first-order chi connectivity index (χ1) is 7.79. The molecule has 80 valence electrons. The highest BCUT2D eigenvalue weighted by molar-refractivity contribution is 6.18. The van der Waals surface area contributed by atoms with Gasteiger partial charge in [-0.3, -0.25) is 4.79 Å². The lowest BCUT2D eigenvalue weighted by molar-refractivity contribution is -0.456. The second-order valence-corrected chi connectivity index (χ2v) is 4.09. The molecule has 1 aliphatic heterocycles. The molecule has 0 fully saturated rings. The van der Waals surface area contributed by atoms with Crippen LogP contribution in [0, 0.1) is 0 Å². The van der Waals surface area contributed by atoms with E-state index in [0.29, 0.717) is 16.8 Å². The smallest absolute Gasteiger partial charge is 0.296 e. The average Bonchev–Trinajstić information content (AvgIpc) is 2.89. The molecule has 0 unspecified atom stereocenters. The van der Waals surface area contributed by atoms with E-state index in [1.165, 1.54) is 0 Å². The van der Waals surface area contributed by atoms with Crippen LogP contribution >= 0.6 is 0 Å². The van der Waals surface area contributed by atoms with Crippen LogP contribution in [-0.4, -0.2) is 28.2 Å². The number of fused-ring (bicyclic) bond motifs is 1. The molecule has 1 aromatic rings. The molecule has 1 N–H and O–H groups in total. The maximum Gasteiger partial charge on any atom is 0.296 e. The van der Waals surface area contributed by atoms with E-state index < -0.39 is 0 Å². The Labute approximate surface area is 93.3 Å². The van der Waals surface area contributed by atoms with E-state index in [4.69, 9.17) is 0 Å². The third kappa shape index (κ3) is 1.14. The summed E-state index contributed by atoms with van der Waals surface area (Å²) in [5.74, 6) is 0.0602. The molecule has 0 bridgehead atoms. The molecule has 3 nitrogen and oxygen atoms in total. The zero-order chi connectivity index (χ0) is 11.1. The Kier molecular flexibility index (Phi) is 1.93. The van der Waals surface area contributed by atoms with Crippen LogP contribution in [0.3, 0.4) is 0 Å². The summed E-state index contributed by atoms with van der Waals surface area (Å²) in [5.41, 5.74) is 1.71. The lowest BCUT2D eigenvalue weighted by atomic mass is 10.1. The first-order valence-corrected chi connectivity index (χ1v) is 5.46. The van der Waals surface area contributed by atoms with Crippen LogP contribution in [0.15, 0.2) is 30.0 Å². The lowest BCUT2D eigenvalue weighted by Crippen LogP contribution is -2.15. The zero-order valence-corrected chi connectivity index (χ0v) is 8.81. The van der Waals surface area contributed by atoms with Gasteiger partial charge in [0, 0.05) is 24.0 Å². The summed E-state index contributed by atoms with van der Waals surface area (Å²) in [6.07, 6.45) is 4.00. The van der Waals surface area contributed by atoms with E-state index in [1.54, 1.807) is 12.1 Å². The SMILES string of the molecule is O=C1C([N+]2=CCCC2)=C(O)c2ccccc21. The van der Waals surface area contributed by atoms with Gasteiger partial charge in [-0.2, -0.15) is 4.58 Å². The van der Waals surface area contributed by atoms with Crippen LogP contribution in [0.4, 0.5) is 0 Å². The number of carbonyl (C=O) groups is 1. The Morgan fingerprint density at radius 2 is 1.94 bits per heavy atom. The minimum absolute atomic E-state index is 0.0637. The highest BCUT2D eigenvalue weighted by Gasteiger charge is 2.38. The molecule has 0 aromatic heterocycles. The number of hydrogen-bond acceptors (Lipinski definition) is 2. The number of nitrogens with zero attached hydrogens (tertiary/aromatic N) is 1. The van der Waals surface area contributed by atoms with Gasteiger partial charge in [0.25, 0.3) is 11.5 Å². The van der Waals surface area contributed by atoms with Gasteiger partial charge in [0.05, 0.1) is 0 Å². The van der Waals surface area contributed by atoms with Crippen molar-refractivity contribution in [3.05, 3.63) is 41.1 Å². The number of rotatable bonds is 1. The summed E-state index contributed by atoms with van der Waals surface area (Å²) in [4.78, 5) is 12.1. The van der Waals surface area contributed by atoms with Gasteiger partial charge in [-0.05, 0) is 0 Å². The minimum atomic E-state index is -0.0637. The normalized spacial score (nSPS) is 19.0. The van der Waals surface area contributed by atoms with Crippen molar-refractivity contribution in [1.82, 2.24) is 0 Å². The third-order valence-electron chi connectivity index (χ3n) is 3.11. The van der Waals surface area contributed by atoms with E-state index in [-0.39, 0.29) is 11.5 Å². The van der Waals surface area contributed by atoms with E-state index in [0.717, 1.165) is 19.4 Å². The first kappa shape index (κ1) is 9.33. The minimum Gasteiger partial charge on any atom is -0.502 e. The van der Waals surface area contributed by atoms with Crippen molar-refractivity contribution in [2.75, 3.05) is 6.54 Å². The lowest BCUT2D eigenvalue weighted by Gasteiger charge is -1.96. The Morgan fingerprint density at radius 3 is 2.56 bits per heavy atom. The molecule has 0 amide bonds. The topological polar surface area (TPSA) is 40.3 Å². The fourth-order valence-electron chi connectivity index (χ4n) is 2.32. The maximum atomic E-state index is 12.1. The number of Topliss-reactive ketones (excluding diaryl/α,β-unsaturated/α-hetero) is 1. The zero-order valence-electron chi connectivity index (χ0n) is 8.81. The van der Waals surface area contributed by atoms with Crippen LogP contribution < -0.4 is 0 Å². The van der Waals surface area contributed by atoms with Crippen molar-refractivity contribution in [3.8, 4) is 0 Å². The summed E-state index contributed by atoms with van der Waals surface area (Å²) in [7, 11) is 0. The average molecular weight is 214 g/mol. The predicted octanol–water partition coefficient (Wildman–Crippen LogP) is 1.99. The van der Waals surface area contributed by atoms with Gasteiger partial charge in [-0.1, -0.05) is 24.3 Å². The second kappa shape index (κ2) is 3.30. The van der Waals surface area contributed by atoms with E-state index in [9.17, 15) is 9.90 Å². The highest BCUT2D eigenvalue weighted by atomic mass is 16.3. The van der Waals surface area contributed by atoms with Crippen molar-refractivity contribution in [3.63, 3.8) is 0 Å². The van der Waals surface area contributed by atoms with Gasteiger partial charge in [0.2, 0.25) is 5.76 Å². The molecule has 2 aliphatic rings. The quantitative estimate of drug-likeness (QED) is 0.726.